The molecule has 0 aromatic heterocycles. The molecule has 2 aromatic rings. The first-order chi connectivity index (χ1) is 12.3. The van der Waals surface area contributed by atoms with Crippen molar-refractivity contribution in [3.05, 3.63) is 53.6 Å². The number of hydrogen-bond acceptors (Lipinski definition) is 4. The van der Waals surface area contributed by atoms with Crippen molar-refractivity contribution in [1.29, 1.82) is 0 Å². The van der Waals surface area contributed by atoms with Gasteiger partial charge in [0.25, 0.3) is 5.91 Å². The summed E-state index contributed by atoms with van der Waals surface area (Å²) in [4.78, 5) is 23.3. The highest BCUT2D eigenvalue weighted by molar-refractivity contribution is 8.00. The predicted octanol–water partition coefficient (Wildman–Crippen LogP) is 2.84. The van der Waals surface area contributed by atoms with Crippen LogP contribution in [0.3, 0.4) is 0 Å². The fraction of sp³-hybridized carbons (Fsp3) is 0.125. The predicted molar refractivity (Wildman–Crippen MR) is 86.8 cm³/mol. The molecular formula is C16H12F4N2O3S. The number of nitrogens with one attached hydrogen (secondary N) is 1. The summed E-state index contributed by atoms with van der Waals surface area (Å²) in [6, 6.07) is 6.43. The number of carbonyl (C=O) groups is 2. The van der Waals surface area contributed by atoms with E-state index < -0.39 is 47.4 Å². The number of ether oxygens (including phenoxy) is 1. The number of carbonyl (C=O) groups excluding carboxylic acids is 2. The summed E-state index contributed by atoms with van der Waals surface area (Å²) in [5.74, 6) is -9.51. The maximum Gasteiger partial charge on any atom is 0.262 e. The number of para-hydroxylation sites is 1. The van der Waals surface area contributed by atoms with Gasteiger partial charge in [-0.25, -0.2) is 8.78 Å². The van der Waals surface area contributed by atoms with E-state index in [9.17, 15) is 27.2 Å². The van der Waals surface area contributed by atoms with E-state index in [1.54, 1.807) is 18.2 Å². The summed E-state index contributed by atoms with van der Waals surface area (Å²) in [6.45, 7) is -0.897. The molecule has 0 saturated carbocycles. The molecule has 0 aliphatic heterocycles. The van der Waals surface area contributed by atoms with Crippen LogP contribution in [0.2, 0.25) is 0 Å². The second kappa shape index (κ2) is 8.56. The number of thioether (sulfide) groups is 1. The van der Waals surface area contributed by atoms with Gasteiger partial charge in [-0.1, -0.05) is 12.1 Å². The second-order valence-electron chi connectivity index (χ2n) is 4.89. The zero-order valence-corrected chi connectivity index (χ0v) is 13.8. The SMILES string of the molecule is NC(=O)CSc1ccccc1NC(=O)COc1c(F)c(F)cc(F)c1F. The van der Waals surface area contributed by atoms with Crippen LogP contribution in [0.25, 0.3) is 0 Å². The Hall–Kier alpha value is -2.75. The lowest BCUT2D eigenvalue weighted by Gasteiger charge is -2.12. The monoisotopic (exact) mass is 388 g/mol. The summed E-state index contributed by atoms with van der Waals surface area (Å²) < 4.78 is 57.7. The van der Waals surface area contributed by atoms with Gasteiger partial charge in [0.15, 0.2) is 24.0 Å². The molecular weight excluding hydrogens is 376 g/mol. The fourth-order valence-electron chi connectivity index (χ4n) is 1.85. The lowest BCUT2D eigenvalue weighted by atomic mass is 10.3. The number of primary amides is 1. The Kier molecular flexibility index (Phi) is 6.45. The molecule has 0 aliphatic carbocycles. The zero-order chi connectivity index (χ0) is 19.3. The van der Waals surface area contributed by atoms with Crippen LogP contribution < -0.4 is 15.8 Å². The first-order valence-electron chi connectivity index (χ1n) is 7.05. The first kappa shape index (κ1) is 19.6. The quantitative estimate of drug-likeness (QED) is 0.434. The van der Waals surface area contributed by atoms with Crippen molar-refractivity contribution in [3.63, 3.8) is 0 Å². The van der Waals surface area contributed by atoms with Gasteiger partial charge in [0.05, 0.1) is 11.4 Å². The average molecular weight is 388 g/mol. The van der Waals surface area contributed by atoms with Crippen molar-refractivity contribution in [2.75, 3.05) is 17.7 Å². The molecule has 0 atom stereocenters. The lowest BCUT2D eigenvalue weighted by molar-refractivity contribution is -0.118. The molecule has 0 spiro atoms. The molecule has 0 saturated heterocycles. The smallest absolute Gasteiger partial charge is 0.262 e. The largest absolute Gasteiger partial charge is 0.477 e. The summed E-state index contributed by atoms with van der Waals surface area (Å²) in [7, 11) is 0. The van der Waals surface area contributed by atoms with Crippen molar-refractivity contribution in [2.24, 2.45) is 5.73 Å². The summed E-state index contributed by atoms with van der Waals surface area (Å²) in [5.41, 5.74) is 5.36. The molecule has 2 rings (SSSR count). The highest BCUT2D eigenvalue weighted by atomic mass is 32.2. The van der Waals surface area contributed by atoms with Gasteiger partial charge in [-0.05, 0) is 12.1 Å². The van der Waals surface area contributed by atoms with Crippen molar-refractivity contribution >= 4 is 29.3 Å². The lowest BCUT2D eigenvalue weighted by Crippen LogP contribution is -2.21. The van der Waals surface area contributed by atoms with Crippen molar-refractivity contribution in [3.8, 4) is 5.75 Å². The maximum atomic E-state index is 13.5. The number of benzene rings is 2. The van der Waals surface area contributed by atoms with Crippen LogP contribution in [0.15, 0.2) is 35.2 Å². The fourth-order valence-corrected chi connectivity index (χ4v) is 2.59. The van der Waals surface area contributed by atoms with Gasteiger partial charge in [-0.3, -0.25) is 9.59 Å². The van der Waals surface area contributed by atoms with E-state index in [0.717, 1.165) is 11.8 Å². The van der Waals surface area contributed by atoms with Crippen molar-refractivity contribution in [1.82, 2.24) is 0 Å². The van der Waals surface area contributed by atoms with Gasteiger partial charge in [0.1, 0.15) is 0 Å². The number of amides is 2. The molecule has 0 heterocycles. The highest BCUT2D eigenvalue weighted by Gasteiger charge is 2.21. The Balaban J connectivity index is 2.06. The zero-order valence-electron chi connectivity index (χ0n) is 13.0. The van der Waals surface area contributed by atoms with Gasteiger partial charge in [0.2, 0.25) is 17.5 Å². The van der Waals surface area contributed by atoms with E-state index in [1.165, 1.54) is 6.07 Å². The van der Waals surface area contributed by atoms with Gasteiger partial charge in [0, 0.05) is 11.0 Å². The Labute approximate surface area is 149 Å². The van der Waals surface area contributed by atoms with Crippen LogP contribution >= 0.6 is 11.8 Å². The van der Waals surface area contributed by atoms with Crippen LogP contribution in [0, 0.1) is 23.3 Å². The summed E-state index contributed by atoms with van der Waals surface area (Å²) in [5, 5.41) is 2.40. The van der Waals surface area contributed by atoms with Gasteiger partial charge in [-0.15, -0.1) is 11.8 Å². The number of anilines is 1. The van der Waals surface area contributed by atoms with E-state index in [1.807, 2.05) is 0 Å². The highest BCUT2D eigenvalue weighted by Crippen LogP contribution is 2.28. The van der Waals surface area contributed by atoms with E-state index in [0.29, 0.717) is 10.6 Å². The second-order valence-corrected chi connectivity index (χ2v) is 5.90. The molecule has 0 radical (unpaired) electrons. The molecule has 26 heavy (non-hydrogen) atoms. The Bertz CT molecular complexity index is 822. The van der Waals surface area contributed by atoms with Crippen LogP contribution in [0.5, 0.6) is 5.75 Å². The Morgan fingerprint density at radius 2 is 1.69 bits per heavy atom. The molecule has 3 N–H and O–H groups in total. The minimum atomic E-state index is -1.74. The number of nitrogens with two attached hydrogens (primary N) is 1. The third-order valence-corrected chi connectivity index (χ3v) is 4.05. The van der Waals surface area contributed by atoms with Gasteiger partial charge >= 0.3 is 0 Å². The molecule has 5 nitrogen and oxygen atoms in total. The van der Waals surface area contributed by atoms with Crippen LogP contribution in [0.1, 0.15) is 0 Å². The summed E-state index contributed by atoms with van der Waals surface area (Å²) in [6.07, 6.45) is 0. The third-order valence-electron chi connectivity index (χ3n) is 2.95. The number of halogens is 4. The summed E-state index contributed by atoms with van der Waals surface area (Å²) >= 11 is 1.07. The Morgan fingerprint density at radius 1 is 1.08 bits per heavy atom. The van der Waals surface area contributed by atoms with E-state index in [4.69, 9.17) is 5.73 Å². The molecule has 0 bridgehead atoms. The van der Waals surface area contributed by atoms with Crippen molar-refractivity contribution < 1.29 is 31.9 Å². The van der Waals surface area contributed by atoms with E-state index in [2.05, 4.69) is 10.1 Å². The topological polar surface area (TPSA) is 81.4 Å². The minimum absolute atomic E-state index is 0.0254. The van der Waals surface area contributed by atoms with Crippen molar-refractivity contribution in [2.45, 2.75) is 4.90 Å². The van der Waals surface area contributed by atoms with Crippen LogP contribution in [0.4, 0.5) is 23.2 Å². The van der Waals surface area contributed by atoms with Crippen LogP contribution in [-0.4, -0.2) is 24.2 Å². The maximum absolute atomic E-state index is 13.5. The van der Waals surface area contributed by atoms with Crippen LogP contribution in [-0.2, 0) is 9.59 Å². The number of hydrogen-bond donors (Lipinski definition) is 2. The average Bonchev–Trinajstić information content (AvgIpc) is 2.59. The molecule has 138 valence electrons. The molecule has 0 unspecified atom stereocenters. The van der Waals surface area contributed by atoms with E-state index >= 15 is 0 Å². The molecule has 0 aliphatic rings. The minimum Gasteiger partial charge on any atom is -0.477 e. The van der Waals surface area contributed by atoms with E-state index in [-0.39, 0.29) is 11.8 Å². The molecule has 2 amide bonds. The normalized spacial score (nSPS) is 10.5. The van der Waals surface area contributed by atoms with Gasteiger partial charge < -0.3 is 15.8 Å². The standard InChI is InChI=1S/C16H12F4N2O3S/c17-8-5-9(18)15(20)16(14(8)19)25-6-13(24)22-10-3-1-2-4-11(10)26-7-12(21)23/h1-5H,6-7H2,(H2,21,23)(H,22,24). The molecule has 10 heteroatoms. The third kappa shape index (κ3) is 4.88. The molecule has 0 fully saturated rings. The first-order valence-corrected chi connectivity index (χ1v) is 8.04. The van der Waals surface area contributed by atoms with Gasteiger partial charge in [-0.2, -0.15) is 8.78 Å². The number of rotatable bonds is 7. The Morgan fingerprint density at radius 3 is 2.31 bits per heavy atom. The molecule has 2 aromatic carbocycles.